The Bertz CT molecular complexity index is 1570. The summed E-state index contributed by atoms with van der Waals surface area (Å²) in [6.07, 6.45) is -1.10. The summed E-state index contributed by atoms with van der Waals surface area (Å²) in [7, 11) is -4.55. The highest BCUT2D eigenvalue weighted by molar-refractivity contribution is 7.92. The van der Waals surface area contributed by atoms with Crippen molar-refractivity contribution in [3.05, 3.63) is 94.0 Å². The highest BCUT2D eigenvalue weighted by Crippen LogP contribution is 2.38. The summed E-state index contributed by atoms with van der Waals surface area (Å²) < 4.78 is 69.8. The monoisotopic (exact) mass is 669 g/mol. The molecule has 0 bridgehead atoms. The predicted octanol–water partition coefficient (Wildman–Crippen LogP) is 7.07. The SMILES string of the molecule is CCC(C(=O)NC1CCCC1)N(Cc1ccc(Cl)cc1)C(=O)CN(c1ccc(Cl)c(C(F)(F)F)c1)S(=O)(=O)c1ccccc1. The lowest BCUT2D eigenvalue weighted by atomic mass is 10.1. The topological polar surface area (TPSA) is 86.8 Å². The Morgan fingerprint density at radius 3 is 2.20 bits per heavy atom. The molecule has 3 aromatic rings. The van der Waals surface area contributed by atoms with Crippen molar-refractivity contribution in [2.45, 2.75) is 68.7 Å². The molecule has 1 fully saturated rings. The summed E-state index contributed by atoms with van der Waals surface area (Å²) in [4.78, 5) is 28.7. The van der Waals surface area contributed by atoms with Gasteiger partial charge in [0, 0.05) is 17.6 Å². The average Bonchev–Trinajstić information content (AvgIpc) is 3.50. The quantitative estimate of drug-likeness (QED) is 0.237. The maximum absolute atomic E-state index is 14.1. The third kappa shape index (κ3) is 8.05. The number of alkyl halides is 3. The first-order valence-corrected chi connectivity index (χ1v) is 16.3. The van der Waals surface area contributed by atoms with Gasteiger partial charge in [0.1, 0.15) is 12.6 Å². The number of hydrogen-bond acceptors (Lipinski definition) is 4. The molecule has 3 aromatic carbocycles. The van der Waals surface area contributed by atoms with Crippen LogP contribution >= 0.6 is 23.2 Å². The minimum Gasteiger partial charge on any atom is -0.352 e. The fourth-order valence-electron chi connectivity index (χ4n) is 5.21. The summed E-state index contributed by atoms with van der Waals surface area (Å²) in [5.41, 5.74) is -1.04. The van der Waals surface area contributed by atoms with Gasteiger partial charge in [-0.15, -0.1) is 0 Å². The molecule has 1 unspecified atom stereocenters. The van der Waals surface area contributed by atoms with E-state index in [1.807, 2.05) is 0 Å². The number of benzene rings is 3. The van der Waals surface area contributed by atoms with Crippen LogP contribution < -0.4 is 9.62 Å². The lowest BCUT2D eigenvalue weighted by Crippen LogP contribution is -2.53. The Morgan fingerprint density at radius 2 is 1.61 bits per heavy atom. The number of nitrogens with zero attached hydrogens (tertiary/aromatic N) is 2. The molecule has 0 heterocycles. The van der Waals surface area contributed by atoms with Crippen LogP contribution in [0.4, 0.5) is 18.9 Å². The summed E-state index contributed by atoms with van der Waals surface area (Å²) >= 11 is 11.9. The van der Waals surface area contributed by atoms with Crippen molar-refractivity contribution in [2.24, 2.45) is 0 Å². The molecule has 1 N–H and O–H groups in total. The van der Waals surface area contributed by atoms with Gasteiger partial charge in [0.25, 0.3) is 10.0 Å². The first-order chi connectivity index (χ1) is 20.8. The highest BCUT2D eigenvalue weighted by Gasteiger charge is 2.37. The number of sulfonamides is 1. The maximum Gasteiger partial charge on any atom is 0.417 e. The minimum absolute atomic E-state index is 0.0335. The molecular formula is C31H32Cl2F3N3O4S. The van der Waals surface area contributed by atoms with Gasteiger partial charge >= 0.3 is 6.18 Å². The number of carbonyl (C=O) groups excluding carboxylic acids is 2. The van der Waals surface area contributed by atoms with E-state index in [1.54, 1.807) is 37.3 Å². The van der Waals surface area contributed by atoms with Crippen LogP contribution in [0.1, 0.15) is 50.2 Å². The molecule has 2 amide bonds. The molecule has 1 aliphatic carbocycles. The lowest BCUT2D eigenvalue weighted by molar-refractivity contribution is -0.140. The zero-order valence-corrected chi connectivity index (χ0v) is 26.2. The molecule has 236 valence electrons. The van der Waals surface area contributed by atoms with Gasteiger partial charge < -0.3 is 10.2 Å². The number of nitrogens with one attached hydrogen (secondary N) is 1. The smallest absolute Gasteiger partial charge is 0.352 e. The summed E-state index contributed by atoms with van der Waals surface area (Å²) in [6, 6.07) is 15.3. The number of halogens is 5. The van der Waals surface area contributed by atoms with Crippen molar-refractivity contribution in [1.29, 1.82) is 0 Å². The fourth-order valence-corrected chi connectivity index (χ4v) is 6.99. The van der Waals surface area contributed by atoms with Gasteiger partial charge in [0.15, 0.2) is 0 Å². The van der Waals surface area contributed by atoms with Crippen LogP contribution in [0, 0.1) is 0 Å². The number of hydrogen-bond donors (Lipinski definition) is 1. The molecule has 0 spiro atoms. The lowest BCUT2D eigenvalue weighted by Gasteiger charge is -2.34. The van der Waals surface area contributed by atoms with Crippen LogP contribution in [0.2, 0.25) is 10.0 Å². The zero-order chi connectivity index (χ0) is 32.1. The van der Waals surface area contributed by atoms with E-state index in [-0.39, 0.29) is 29.8 Å². The van der Waals surface area contributed by atoms with E-state index in [2.05, 4.69) is 5.32 Å². The molecule has 0 saturated heterocycles. The molecule has 0 aliphatic heterocycles. The van der Waals surface area contributed by atoms with E-state index in [1.165, 1.54) is 29.2 Å². The maximum atomic E-state index is 14.1. The van der Waals surface area contributed by atoms with Crippen molar-refractivity contribution in [2.75, 3.05) is 10.8 Å². The van der Waals surface area contributed by atoms with Crippen LogP contribution in [0.5, 0.6) is 0 Å². The van der Waals surface area contributed by atoms with Gasteiger partial charge in [-0.25, -0.2) is 8.42 Å². The van der Waals surface area contributed by atoms with Crippen LogP contribution in [-0.4, -0.2) is 43.8 Å². The third-order valence-corrected chi connectivity index (χ3v) is 9.88. The summed E-state index contributed by atoms with van der Waals surface area (Å²) in [6.45, 7) is 0.783. The van der Waals surface area contributed by atoms with Crippen molar-refractivity contribution in [3.63, 3.8) is 0 Å². The average molecular weight is 671 g/mol. The normalized spacial score (nSPS) is 14.7. The molecule has 0 aromatic heterocycles. The van der Waals surface area contributed by atoms with Crippen LogP contribution in [-0.2, 0) is 32.3 Å². The van der Waals surface area contributed by atoms with Gasteiger partial charge in [-0.2, -0.15) is 13.2 Å². The van der Waals surface area contributed by atoms with Gasteiger partial charge in [-0.1, -0.05) is 73.3 Å². The minimum atomic E-state index is -4.88. The van der Waals surface area contributed by atoms with Gasteiger partial charge in [-0.3, -0.25) is 13.9 Å². The number of rotatable bonds is 11. The Labute approximate surface area is 265 Å². The van der Waals surface area contributed by atoms with E-state index in [9.17, 15) is 31.2 Å². The van der Waals surface area contributed by atoms with Crippen molar-refractivity contribution >= 4 is 50.7 Å². The number of anilines is 1. The van der Waals surface area contributed by atoms with E-state index >= 15 is 0 Å². The first kappa shape index (κ1) is 33.6. The zero-order valence-electron chi connectivity index (χ0n) is 23.9. The Kier molecular flexibility index (Phi) is 10.9. The molecule has 44 heavy (non-hydrogen) atoms. The van der Waals surface area contributed by atoms with Crippen molar-refractivity contribution in [3.8, 4) is 0 Å². The second kappa shape index (κ2) is 14.2. The van der Waals surface area contributed by atoms with Crippen molar-refractivity contribution in [1.82, 2.24) is 10.2 Å². The second-order valence-electron chi connectivity index (χ2n) is 10.5. The van der Waals surface area contributed by atoms with E-state index in [0.717, 1.165) is 37.8 Å². The standard InChI is InChI=1S/C31H32Cl2F3N3O4S/c1-2-28(30(41)37-23-8-6-7-9-23)38(19-21-12-14-22(32)15-13-21)29(40)20-39(44(42,43)25-10-4-3-5-11-25)24-16-17-27(33)26(18-24)31(34,35)36/h3-5,10-18,23,28H,2,6-9,19-20H2,1H3,(H,37,41). The predicted molar refractivity (Wildman–Crippen MR) is 164 cm³/mol. The molecule has 1 aliphatic rings. The van der Waals surface area contributed by atoms with Crippen LogP contribution in [0.15, 0.2) is 77.7 Å². The largest absolute Gasteiger partial charge is 0.417 e. The summed E-state index contributed by atoms with van der Waals surface area (Å²) in [5, 5.41) is 2.84. The Balaban J connectivity index is 1.77. The molecule has 13 heteroatoms. The van der Waals surface area contributed by atoms with E-state index in [0.29, 0.717) is 21.0 Å². The third-order valence-electron chi connectivity index (χ3n) is 7.51. The number of carbonyl (C=O) groups is 2. The Morgan fingerprint density at radius 1 is 0.977 bits per heavy atom. The second-order valence-corrected chi connectivity index (χ2v) is 13.3. The summed E-state index contributed by atoms with van der Waals surface area (Å²) in [5.74, 6) is -1.17. The van der Waals surface area contributed by atoms with Gasteiger partial charge in [0.2, 0.25) is 11.8 Å². The molecular weight excluding hydrogens is 638 g/mol. The van der Waals surface area contributed by atoms with E-state index < -0.39 is 51.0 Å². The Hall–Kier alpha value is -3.28. The highest BCUT2D eigenvalue weighted by atomic mass is 35.5. The number of amides is 2. The van der Waals surface area contributed by atoms with E-state index in [4.69, 9.17) is 23.2 Å². The van der Waals surface area contributed by atoms with Crippen molar-refractivity contribution < 1.29 is 31.2 Å². The molecule has 7 nitrogen and oxygen atoms in total. The first-order valence-electron chi connectivity index (χ1n) is 14.1. The van der Waals surface area contributed by atoms with Gasteiger partial charge in [0.05, 0.1) is 21.2 Å². The fraction of sp³-hybridized carbons (Fsp3) is 0.355. The molecule has 1 atom stereocenters. The molecule has 1 saturated carbocycles. The van der Waals surface area contributed by atoms with Gasteiger partial charge in [-0.05, 0) is 67.3 Å². The molecule has 4 rings (SSSR count). The van der Waals surface area contributed by atoms with Crippen LogP contribution in [0.3, 0.4) is 0 Å². The van der Waals surface area contributed by atoms with Crippen LogP contribution in [0.25, 0.3) is 0 Å². The molecule has 0 radical (unpaired) electrons.